The molecule has 6 aromatic heterocycles. The zero-order chi connectivity index (χ0) is 74.6. The summed E-state index contributed by atoms with van der Waals surface area (Å²) >= 11 is 0. The van der Waals surface area contributed by atoms with Gasteiger partial charge in [0.15, 0.2) is 17.5 Å². The lowest BCUT2D eigenvalue weighted by molar-refractivity contribution is 0.108. The first kappa shape index (κ1) is 78.1. The van der Waals surface area contributed by atoms with Gasteiger partial charge in [0.25, 0.3) is 0 Å². The van der Waals surface area contributed by atoms with Crippen molar-refractivity contribution in [3.05, 3.63) is 125 Å². The third kappa shape index (κ3) is 21.6. The summed E-state index contributed by atoms with van der Waals surface area (Å²) in [7, 11) is 5.40. The Labute approximate surface area is 622 Å². The molecule has 0 radical (unpaired) electrons. The standard InChI is InChI=1S/C28H38N6O4.2C26H35N5O3/c1-19-27(20(2)38-32-19)25-14-26(34-10-8-33(9-11-34)16-21-7-12-36-17-21)31-28(30-25)22-5-4-6-24(13-22)37-18-23(35)15-29-3;2*1-16-8-10-20(11-9-16)28-24-13-23(25-17(2)31-34-18(25)3)29-26(30-24)19-6-5-7-22(12-19)33-15-21(32)14-27-4/h4-6,13-14,21,23,29,35H,7-12,15-18H2,1-3H3;2*5-7,12-13,16,20-21,27,32H,8-11,14-15H2,1-4H3,(H,28,29,30). The third-order valence-corrected chi connectivity index (χ3v) is 19.9. The van der Waals surface area contributed by atoms with Gasteiger partial charge >= 0.3 is 0 Å². The van der Waals surface area contributed by atoms with Gasteiger partial charge in [-0.05, 0) is 175 Å². The number of aliphatic hydroxyl groups is 3. The average molecular weight is 1450 g/mol. The summed E-state index contributed by atoms with van der Waals surface area (Å²) in [4.78, 5) is 34.3. The number of aliphatic hydroxyl groups excluding tert-OH is 3. The van der Waals surface area contributed by atoms with E-state index in [4.69, 9.17) is 62.4 Å². The molecule has 0 amide bonds. The maximum absolute atomic E-state index is 10.0. The third-order valence-electron chi connectivity index (χ3n) is 19.9. The van der Waals surface area contributed by atoms with Gasteiger partial charge in [0.05, 0.1) is 57.5 Å². The molecule has 2 aliphatic heterocycles. The number of nitrogens with zero attached hydrogens (tertiary/aromatic N) is 11. The van der Waals surface area contributed by atoms with Gasteiger partial charge in [-0.1, -0.05) is 65.7 Å². The Kier molecular flexibility index (Phi) is 28.0. The second-order valence-corrected chi connectivity index (χ2v) is 28.8. The molecule has 0 bridgehead atoms. The van der Waals surface area contributed by atoms with Crippen LogP contribution >= 0.6 is 0 Å². The maximum atomic E-state index is 10.0. The van der Waals surface area contributed by atoms with E-state index in [1.54, 1.807) is 21.1 Å². The highest BCUT2D eigenvalue weighted by atomic mass is 16.5. The highest BCUT2D eigenvalue weighted by Crippen LogP contribution is 2.37. The molecule has 568 valence electrons. The van der Waals surface area contributed by atoms with E-state index in [9.17, 15) is 15.3 Å². The Morgan fingerprint density at radius 1 is 0.462 bits per heavy atom. The largest absolute Gasteiger partial charge is 0.491 e. The summed E-state index contributed by atoms with van der Waals surface area (Å²) < 4.78 is 39.3. The van der Waals surface area contributed by atoms with Gasteiger partial charge in [-0.15, -0.1) is 0 Å². The number of benzene rings is 3. The van der Waals surface area contributed by atoms with E-state index in [0.717, 1.165) is 192 Å². The zero-order valence-corrected chi connectivity index (χ0v) is 63.5. The zero-order valence-electron chi connectivity index (χ0n) is 63.5. The summed E-state index contributed by atoms with van der Waals surface area (Å²) in [6.45, 7) is 24.8. The molecule has 2 aliphatic carbocycles. The number of piperazine rings is 1. The van der Waals surface area contributed by atoms with Crippen LogP contribution in [0.3, 0.4) is 0 Å². The number of anilines is 3. The van der Waals surface area contributed by atoms with Gasteiger partial charge in [-0.2, -0.15) is 0 Å². The van der Waals surface area contributed by atoms with Crippen molar-refractivity contribution in [1.29, 1.82) is 0 Å². The van der Waals surface area contributed by atoms with Crippen LogP contribution < -0.4 is 45.7 Å². The molecular formula is C80H108N16O10. The van der Waals surface area contributed by atoms with E-state index < -0.39 is 18.3 Å². The van der Waals surface area contributed by atoms with Crippen LogP contribution in [0.4, 0.5) is 17.5 Å². The molecule has 0 spiro atoms. The quantitative estimate of drug-likeness (QED) is 0.0226. The molecule has 3 aromatic carbocycles. The Morgan fingerprint density at radius 2 is 0.840 bits per heavy atom. The normalized spacial score (nSPS) is 19.1. The first-order chi connectivity index (χ1) is 51.3. The number of hydrogen-bond acceptors (Lipinski definition) is 26. The molecule has 2 saturated heterocycles. The van der Waals surface area contributed by atoms with Crippen molar-refractivity contribution in [1.82, 2.24) is 66.2 Å². The Morgan fingerprint density at radius 3 is 1.19 bits per heavy atom. The molecule has 4 atom stereocenters. The van der Waals surface area contributed by atoms with Gasteiger partial charge in [-0.25, -0.2) is 29.9 Å². The molecule has 106 heavy (non-hydrogen) atoms. The molecule has 2 saturated carbocycles. The van der Waals surface area contributed by atoms with Crippen molar-refractivity contribution >= 4 is 17.5 Å². The molecule has 26 heteroatoms. The molecule has 8 heterocycles. The Bertz CT molecular complexity index is 4000. The van der Waals surface area contributed by atoms with Crippen molar-refractivity contribution in [3.8, 4) is 85.2 Å². The topological polar surface area (TPSA) is 320 Å². The van der Waals surface area contributed by atoms with E-state index in [0.29, 0.717) is 72.4 Å². The molecule has 8 N–H and O–H groups in total. The molecule has 4 aliphatic rings. The van der Waals surface area contributed by atoms with Crippen LogP contribution in [0, 0.1) is 59.3 Å². The molecule has 4 fully saturated rings. The molecular weight excluding hydrogens is 1340 g/mol. The van der Waals surface area contributed by atoms with Crippen molar-refractivity contribution < 1.29 is 47.8 Å². The van der Waals surface area contributed by atoms with E-state index in [-0.39, 0.29) is 19.8 Å². The summed E-state index contributed by atoms with van der Waals surface area (Å²) in [5.74, 6) is 10.7. The highest BCUT2D eigenvalue weighted by molar-refractivity contribution is 5.74. The number of ether oxygens (including phenoxy) is 4. The molecule has 26 nitrogen and oxygen atoms in total. The monoisotopic (exact) mass is 1450 g/mol. The van der Waals surface area contributed by atoms with E-state index >= 15 is 0 Å². The average Bonchev–Trinajstić information content (AvgIpc) is 1.38. The van der Waals surface area contributed by atoms with Gasteiger partial charge < -0.3 is 79.3 Å². The van der Waals surface area contributed by atoms with Crippen LogP contribution in [0.25, 0.3) is 67.9 Å². The van der Waals surface area contributed by atoms with Crippen LogP contribution in [0.15, 0.2) is 105 Å². The van der Waals surface area contributed by atoms with Crippen molar-refractivity contribution in [2.45, 2.75) is 144 Å². The van der Waals surface area contributed by atoms with Crippen LogP contribution in [0.5, 0.6) is 17.2 Å². The minimum atomic E-state index is -0.589. The lowest BCUT2D eigenvalue weighted by Gasteiger charge is -2.36. The number of nitrogens with one attached hydrogen (secondary N) is 5. The fourth-order valence-corrected chi connectivity index (χ4v) is 14.1. The second-order valence-electron chi connectivity index (χ2n) is 28.8. The number of aryl methyl sites for hydroxylation is 6. The number of rotatable bonds is 28. The summed E-state index contributed by atoms with van der Waals surface area (Å²) in [5, 5.41) is 58.5. The summed E-state index contributed by atoms with van der Waals surface area (Å²) in [6, 6.07) is 29.9. The first-order valence-electron chi connectivity index (χ1n) is 37.6. The van der Waals surface area contributed by atoms with Crippen molar-refractivity contribution in [2.24, 2.45) is 17.8 Å². The van der Waals surface area contributed by atoms with E-state index in [1.165, 1.54) is 25.7 Å². The fraction of sp³-hybridized carbons (Fsp3) is 0.512. The lowest BCUT2D eigenvalue weighted by Crippen LogP contribution is -2.48. The first-order valence-corrected chi connectivity index (χ1v) is 37.6. The van der Waals surface area contributed by atoms with E-state index in [1.807, 2.05) is 133 Å². The molecule has 4 unspecified atom stereocenters. The predicted octanol–water partition coefficient (Wildman–Crippen LogP) is 11.3. The second kappa shape index (κ2) is 38.0. The fourth-order valence-electron chi connectivity index (χ4n) is 14.1. The van der Waals surface area contributed by atoms with Crippen molar-refractivity contribution in [3.63, 3.8) is 0 Å². The highest BCUT2D eigenvalue weighted by Gasteiger charge is 2.28. The van der Waals surface area contributed by atoms with Gasteiger partial charge in [0.1, 0.15) is 90.1 Å². The number of aromatic nitrogens is 9. The Balaban J connectivity index is 0.000000159. The predicted molar refractivity (Wildman–Crippen MR) is 411 cm³/mol. The van der Waals surface area contributed by atoms with Crippen LogP contribution in [-0.2, 0) is 4.74 Å². The number of likely N-dealkylation sites (N-methyl/N-ethyl adjacent to an activating group) is 3. The minimum absolute atomic E-state index is 0.201. The van der Waals surface area contributed by atoms with Crippen molar-refractivity contribution in [2.75, 3.05) is 122 Å². The molecule has 9 aromatic rings. The van der Waals surface area contributed by atoms with Gasteiger partial charge in [-0.3, -0.25) is 4.90 Å². The van der Waals surface area contributed by atoms with Gasteiger partial charge in [0, 0.05) is 106 Å². The van der Waals surface area contributed by atoms with Gasteiger partial charge in [0.2, 0.25) is 0 Å². The smallest absolute Gasteiger partial charge is 0.162 e. The minimum Gasteiger partial charge on any atom is -0.491 e. The lowest BCUT2D eigenvalue weighted by atomic mass is 9.87. The summed E-state index contributed by atoms with van der Waals surface area (Å²) in [5.41, 5.74) is 9.98. The van der Waals surface area contributed by atoms with Crippen LogP contribution in [0.1, 0.15) is 106 Å². The van der Waals surface area contributed by atoms with Crippen LogP contribution in [0.2, 0.25) is 0 Å². The Hall–Kier alpha value is -8.99. The van der Waals surface area contributed by atoms with E-state index in [2.05, 4.69) is 65.7 Å². The van der Waals surface area contributed by atoms with Crippen LogP contribution in [-0.4, -0.2) is 203 Å². The summed E-state index contributed by atoms with van der Waals surface area (Å²) in [6.07, 6.45) is 8.87. The number of hydrogen-bond donors (Lipinski definition) is 8. The maximum Gasteiger partial charge on any atom is 0.162 e. The molecule has 13 rings (SSSR count). The SMILES string of the molecule is CNCC(O)COc1cccc(-c2nc(-c3c(C)noc3C)cc(N3CCN(CC4CCOC4)CC3)n2)c1.CNCC(O)COc1cccc(-c2nc(NC3CCC(C)CC3)cc(-c3c(C)noc3C)n2)c1.CNCC(O)COc1cccc(-c2nc(NC3CCC(C)CC3)cc(-c3c(C)noc3C)n2)c1.